The first-order valence-electron chi connectivity index (χ1n) is 9.07. The molecule has 1 saturated carbocycles. The topological polar surface area (TPSA) is 60.0 Å². The van der Waals surface area contributed by atoms with Crippen molar-refractivity contribution in [1.29, 1.82) is 0 Å². The van der Waals surface area contributed by atoms with Crippen molar-refractivity contribution in [2.45, 2.75) is 50.0 Å². The highest BCUT2D eigenvalue weighted by molar-refractivity contribution is 5.43. The predicted octanol–water partition coefficient (Wildman–Crippen LogP) is 2.94. The summed E-state index contributed by atoms with van der Waals surface area (Å²) in [6.45, 7) is 1.69. The minimum absolute atomic E-state index is 0.174. The van der Waals surface area contributed by atoms with Gasteiger partial charge in [0.15, 0.2) is 0 Å². The number of rotatable bonds is 7. The van der Waals surface area contributed by atoms with Gasteiger partial charge in [-0.15, -0.1) is 0 Å². The standard InChI is InChI=1S/C19H28FNO4/c1-23-11-12-24-13-14-3-2-9-19(22)10-8-17(25-18(14)19)21-16-6-4-15(20)5-7-16/h4-7,14,17-18,21-22H,2-3,8-13H2,1H3. The van der Waals surface area contributed by atoms with Gasteiger partial charge in [-0.2, -0.15) is 0 Å². The Morgan fingerprint density at radius 2 is 2.04 bits per heavy atom. The van der Waals surface area contributed by atoms with Crippen LogP contribution in [0.3, 0.4) is 0 Å². The van der Waals surface area contributed by atoms with E-state index in [2.05, 4.69) is 5.32 Å². The fourth-order valence-corrected chi connectivity index (χ4v) is 3.92. The lowest BCUT2D eigenvalue weighted by molar-refractivity contribution is -0.213. The molecule has 5 nitrogen and oxygen atoms in total. The molecule has 2 N–H and O–H groups in total. The molecule has 6 heteroatoms. The minimum Gasteiger partial charge on any atom is -0.387 e. The third-order valence-electron chi connectivity index (χ3n) is 5.23. The van der Waals surface area contributed by atoms with Crippen LogP contribution in [0.4, 0.5) is 10.1 Å². The van der Waals surface area contributed by atoms with E-state index >= 15 is 0 Å². The number of benzene rings is 1. The molecule has 25 heavy (non-hydrogen) atoms. The van der Waals surface area contributed by atoms with Crippen molar-refractivity contribution in [2.75, 3.05) is 32.2 Å². The lowest BCUT2D eigenvalue weighted by Crippen LogP contribution is -2.57. The number of hydrogen-bond acceptors (Lipinski definition) is 5. The SMILES string of the molecule is COCCOCC1CCCC2(O)CCC(Nc3ccc(F)cc3)OC12. The fourth-order valence-electron chi connectivity index (χ4n) is 3.92. The molecule has 0 radical (unpaired) electrons. The summed E-state index contributed by atoms with van der Waals surface area (Å²) in [5.41, 5.74) is 0.0506. The molecule has 4 atom stereocenters. The van der Waals surface area contributed by atoms with Gasteiger partial charge in [-0.3, -0.25) is 0 Å². The minimum atomic E-state index is -0.769. The van der Waals surface area contributed by atoms with Gasteiger partial charge < -0.3 is 24.6 Å². The third-order valence-corrected chi connectivity index (χ3v) is 5.23. The average Bonchev–Trinajstić information content (AvgIpc) is 2.61. The molecule has 1 heterocycles. The molecule has 0 spiro atoms. The highest BCUT2D eigenvalue weighted by Gasteiger charge is 2.49. The summed E-state index contributed by atoms with van der Waals surface area (Å²) >= 11 is 0. The highest BCUT2D eigenvalue weighted by Crippen LogP contribution is 2.42. The molecule has 2 aliphatic rings. The van der Waals surface area contributed by atoms with Gasteiger partial charge in [0.1, 0.15) is 12.0 Å². The summed E-state index contributed by atoms with van der Waals surface area (Å²) in [4.78, 5) is 0. The van der Waals surface area contributed by atoms with Gasteiger partial charge >= 0.3 is 0 Å². The molecule has 0 amide bonds. The maximum atomic E-state index is 13.0. The van der Waals surface area contributed by atoms with Crippen LogP contribution in [0.2, 0.25) is 0 Å². The monoisotopic (exact) mass is 353 g/mol. The quantitative estimate of drug-likeness (QED) is 0.738. The second kappa shape index (κ2) is 8.45. The summed E-state index contributed by atoms with van der Waals surface area (Å²) in [5.74, 6) is -0.0848. The molecule has 1 aromatic carbocycles. The first-order chi connectivity index (χ1) is 12.1. The normalized spacial score (nSPS) is 32.2. The Bertz CT molecular complexity index is 541. The number of fused-ring (bicyclic) bond motifs is 1. The van der Waals surface area contributed by atoms with Gasteiger partial charge in [-0.1, -0.05) is 6.42 Å². The van der Waals surface area contributed by atoms with E-state index in [9.17, 15) is 9.50 Å². The number of methoxy groups -OCH3 is 1. The smallest absolute Gasteiger partial charge is 0.128 e. The maximum Gasteiger partial charge on any atom is 0.128 e. The van der Waals surface area contributed by atoms with E-state index in [0.717, 1.165) is 31.4 Å². The van der Waals surface area contributed by atoms with Crippen LogP contribution in [-0.2, 0) is 14.2 Å². The van der Waals surface area contributed by atoms with Crippen LogP contribution in [0.25, 0.3) is 0 Å². The Hall–Kier alpha value is -1.21. The summed E-state index contributed by atoms with van der Waals surface area (Å²) in [7, 11) is 1.65. The van der Waals surface area contributed by atoms with Crippen molar-refractivity contribution in [3.63, 3.8) is 0 Å². The summed E-state index contributed by atoms with van der Waals surface area (Å²) in [6.07, 6.45) is 3.75. The molecule has 3 rings (SSSR count). The molecular weight excluding hydrogens is 325 g/mol. The average molecular weight is 353 g/mol. The zero-order chi connectivity index (χ0) is 17.7. The Balaban J connectivity index is 1.60. The fraction of sp³-hybridized carbons (Fsp3) is 0.684. The van der Waals surface area contributed by atoms with E-state index in [1.54, 1.807) is 19.2 Å². The van der Waals surface area contributed by atoms with E-state index in [0.29, 0.717) is 26.2 Å². The molecule has 2 fully saturated rings. The van der Waals surface area contributed by atoms with Gasteiger partial charge in [0.25, 0.3) is 0 Å². The summed E-state index contributed by atoms with van der Waals surface area (Å²) in [5, 5.41) is 14.3. The maximum absolute atomic E-state index is 13.0. The van der Waals surface area contributed by atoms with Crippen LogP contribution >= 0.6 is 0 Å². The summed E-state index contributed by atoms with van der Waals surface area (Å²) < 4.78 is 30.0. The van der Waals surface area contributed by atoms with Crippen molar-refractivity contribution in [3.05, 3.63) is 30.1 Å². The van der Waals surface area contributed by atoms with E-state index in [4.69, 9.17) is 14.2 Å². The molecule has 1 aliphatic carbocycles. The predicted molar refractivity (Wildman–Crippen MR) is 92.9 cm³/mol. The lowest BCUT2D eigenvalue weighted by Gasteiger charge is -2.49. The summed E-state index contributed by atoms with van der Waals surface area (Å²) in [6, 6.07) is 6.25. The van der Waals surface area contributed by atoms with Crippen molar-refractivity contribution in [3.8, 4) is 0 Å². The van der Waals surface area contributed by atoms with Crippen LogP contribution in [0.1, 0.15) is 32.1 Å². The first kappa shape index (κ1) is 18.6. The first-order valence-corrected chi connectivity index (χ1v) is 9.07. The molecule has 1 aliphatic heterocycles. The lowest BCUT2D eigenvalue weighted by atomic mass is 9.72. The van der Waals surface area contributed by atoms with Crippen LogP contribution in [-0.4, -0.2) is 50.0 Å². The molecule has 1 saturated heterocycles. The Kier molecular flexibility index (Phi) is 6.28. The molecule has 0 aromatic heterocycles. The highest BCUT2D eigenvalue weighted by atomic mass is 19.1. The third kappa shape index (κ3) is 4.70. The van der Waals surface area contributed by atoms with Crippen molar-refractivity contribution in [1.82, 2.24) is 0 Å². The molecule has 4 unspecified atom stereocenters. The van der Waals surface area contributed by atoms with Crippen LogP contribution in [0.5, 0.6) is 0 Å². The van der Waals surface area contributed by atoms with Crippen molar-refractivity contribution in [2.24, 2.45) is 5.92 Å². The molecule has 140 valence electrons. The number of anilines is 1. The van der Waals surface area contributed by atoms with Gasteiger partial charge in [-0.25, -0.2) is 4.39 Å². The van der Waals surface area contributed by atoms with E-state index in [-0.39, 0.29) is 24.1 Å². The second-order valence-corrected chi connectivity index (χ2v) is 7.06. The van der Waals surface area contributed by atoms with Crippen LogP contribution in [0, 0.1) is 11.7 Å². The zero-order valence-electron chi connectivity index (χ0n) is 14.7. The van der Waals surface area contributed by atoms with E-state index < -0.39 is 5.60 Å². The van der Waals surface area contributed by atoms with Gasteiger partial charge in [-0.05, 0) is 49.9 Å². The number of nitrogens with one attached hydrogen (secondary N) is 1. The molecule has 1 aromatic rings. The van der Waals surface area contributed by atoms with Gasteiger partial charge in [0.05, 0.1) is 31.5 Å². The number of halogens is 1. The Morgan fingerprint density at radius 3 is 2.80 bits per heavy atom. The molecule has 0 bridgehead atoms. The van der Waals surface area contributed by atoms with E-state index in [1.807, 2.05) is 0 Å². The van der Waals surface area contributed by atoms with Gasteiger partial charge in [0, 0.05) is 18.7 Å². The van der Waals surface area contributed by atoms with Crippen molar-refractivity contribution < 1.29 is 23.7 Å². The molecular formula is C19H28FNO4. The second-order valence-electron chi connectivity index (χ2n) is 7.06. The number of ether oxygens (including phenoxy) is 3. The van der Waals surface area contributed by atoms with Crippen LogP contribution < -0.4 is 5.32 Å². The Morgan fingerprint density at radius 1 is 1.24 bits per heavy atom. The number of aliphatic hydroxyl groups is 1. The van der Waals surface area contributed by atoms with E-state index in [1.165, 1.54) is 12.1 Å². The van der Waals surface area contributed by atoms with Crippen LogP contribution in [0.15, 0.2) is 24.3 Å². The van der Waals surface area contributed by atoms with Gasteiger partial charge in [0.2, 0.25) is 0 Å². The Labute approximate surface area is 148 Å². The zero-order valence-corrected chi connectivity index (χ0v) is 14.7. The van der Waals surface area contributed by atoms with Crippen molar-refractivity contribution >= 4 is 5.69 Å². The largest absolute Gasteiger partial charge is 0.387 e. The number of hydrogen-bond donors (Lipinski definition) is 2.